The Morgan fingerprint density at radius 2 is 2.08 bits per heavy atom. The van der Waals surface area contributed by atoms with E-state index in [-0.39, 0.29) is 0 Å². The molecule has 0 saturated heterocycles. The third-order valence-corrected chi connectivity index (χ3v) is 1.97. The average Bonchev–Trinajstić information content (AvgIpc) is 2.47. The zero-order valence-corrected chi connectivity index (χ0v) is 7.21. The van der Waals surface area contributed by atoms with E-state index in [4.69, 9.17) is 4.42 Å². The number of benzene rings is 1. The first-order valence-electron chi connectivity index (χ1n) is 4.37. The van der Waals surface area contributed by atoms with E-state index < -0.39 is 0 Å². The second-order valence-corrected chi connectivity index (χ2v) is 3.00. The SMILES string of the molecule is CCCc1cc2ccccc2o1. The van der Waals surface area contributed by atoms with E-state index in [1.165, 1.54) is 5.39 Å². The van der Waals surface area contributed by atoms with Crippen LogP contribution in [0.15, 0.2) is 34.7 Å². The van der Waals surface area contributed by atoms with E-state index in [0.717, 1.165) is 24.2 Å². The maximum absolute atomic E-state index is 5.61. The van der Waals surface area contributed by atoms with Gasteiger partial charge in [0.25, 0.3) is 0 Å². The molecule has 1 nitrogen and oxygen atoms in total. The van der Waals surface area contributed by atoms with Gasteiger partial charge in [0.05, 0.1) is 0 Å². The summed E-state index contributed by atoms with van der Waals surface area (Å²) in [6.07, 6.45) is 2.18. The van der Waals surface area contributed by atoms with Crippen molar-refractivity contribution in [3.8, 4) is 0 Å². The maximum Gasteiger partial charge on any atom is 0.134 e. The normalized spacial score (nSPS) is 10.8. The summed E-state index contributed by atoms with van der Waals surface area (Å²) >= 11 is 0. The van der Waals surface area contributed by atoms with Gasteiger partial charge in [-0.1, -0.05) is 25.1 Å². The Morgan fingerprint density at radius 1 is 1.25 bits per heavy atom. The van der Waals surface area contributed by atoms with Gasteiger partial charge in [-0.2, -0.15) is 0 Å². The summed E-state index contributed by atoms with van der Waals surface area (Å²) in [6, 6.07) is 10.3. The summed E-state index contributed by atoms with van der Waals surface area (Å²) in [5.74, 6) is 1.10. The van der Waals surface area contributed by atoms with Crippen LogP contribution in [-0.4, -0.2) is 0 Å². The molecule has 0 saturated carbocycles. The molecule has 0 fully saturated rings. The Labute approximate surface area is 72.0 Å². The topological polar surface area (TPSA) is 13.1 Å². The van der Waals surface area contributed by atoms with Crippen LogP contribution in [0.3, 0.4) is 0 Å². The van der Waals surface area contributed by atoms with E-state index in [2.05, 4.69) is 19.1 Å². The lowest BCUT2D eigenvalue weighted by molar-refractivity contribution is 0.544. The van der Waals surface area contributed by atoms with Crippen molar-refractivity contribution in [3.05, 3.63) is 36.1 Å². The Hall–Kier alpha value is -1.24. The standard InChI is InChI=1S/C11H12O/c1-2-5-10-8-9-6-3-4-7-11(9)12-10/h3-4,6-8H,2,5H2,1H3. The predicted molar refractivity (Wildman–Crippen MR) is 50.2 cm³/mol. The predicted octanol–water partition coefficient (Wildman–Crippen LogP) is 3.39. The fourth-order valence-electron chi connectivity index (χ4n) is 1.41. The maximum atomic E-state index is 5.61. The van der Waals surface area contributed by atoms with Crippen molar-refractivity contribution in [2.24, 2.45) is 0 Å². The van der Waals surface area contributed by atoms with Crippen molar-refractivity contribution in [2.75, 3.05) is 0 Å². The van der Waals surface area contributed by atoms with Crippen LogP contribution in [0.5, 0.6) is 0 Å². The summed E-state index contributed by atoms with van der Waals surface area (Å²) in [4.78, 5) is 0. The smallest absolute Gasteiger partial charge is 0.134 e. The van der Waals surface area contributed by atoms with E-state index in [1.54, 1.807) is 0 Å². The minimum Gasteiger partial charge on any atom is -0.461 e. The average molecular weight is 160 g/mol. The third kappa shape index (κ3) is 1.22. The van der Waals surface area contributed by atoms with Gasteiger partial charge in [-0.25, -0.2) is 0 Å². The molecule has 0 N–H and O–H groups in total. The van der Waals surface area contributed by atoms with Crippen molar-refractivity contribution < 1.29 is 4.42 Å². The summed E-state index contributed by atoms with van der Waals surface area (Å²) in [7, 11) is 0. The van der Waals surface area contributed by atoms with Crippen LogP contribution in [-0.2, 0) is 6.42 Å². The van der Waals surface area contributed by atoms with Gasteiger partial charge in [-0.15, -0.1) is 0 Å². The monoisotopic (exact) mass is 160 g/mol. The van der Waals surface area contributed by atoms with Crippen LogP contribution in [0.1, 0.15) is 19.1 Å². The van der Waals surface area contributed by atoms with Crippen LogP contribution in [0.2, 0.25) is 0 Å². The minimum atomic E-state index is 1.00. The second kappa shape index (κ2) is 3.02. The third-order valence-electron chi connectivity index (χ3n) is 1.97. The molecule has 0 atom stereocenters. The number of para-hydroxylation sites is 1. The molecule has 0 radical (unpaired) electrons. The molecule has 0 amide bonds. The zero-order valence-electron chi connectivity index (χ0n) is 7.21. The Bertz CT molecular complexity index is 340. The van der Waals surface area contributed by atoms with Gasteiger partial charge in [0, 0.05) is 11.8 Å². The number of rotatable bonds is 2. The summed E-state index contributed by atoms with van der Waals surface area (Å²) in [6.45, 7) is 2.16. The Morgan fingerprint density at radius 3 is 2.83 bits per heavy atom. The van der Waals surface area contributed by atoms with Crippen LogP contribution in [0.25, 0.3) is 11.0 Å². The highest BCUT2D eigenvalue weighted by Crippen LogP contribution is 2.19. The lowest BCUT2D eigenvalue weighted by Crippen LogP contribution is -1.74. The molecule has 1 aromatic carbocycles. The number of fused-ring (bicyclic) bond motifs is 1. The highest BCUT2D eigenvalue weighted by Gasteiger charge is 2.00. The molecule has 1 heterocycles. The van der Waals surface area contributed by atoms with Crippen LogP contribution in [0, 0.1) is 0 Å². The quantitative estimate of drug-likeness (QED) is 0.656. The molecule has 12 heavy (non-hydrogen) atoms. The van der Waals surface area contributed by atoms with Crippen molar-refractivity contribution in [3.63, 3.8) is 0 Å². The Balaban J connectivity index is 2.47. The van der Waals surface area contributed by atoms with Crippen molar-refractivity contribution in [2.45, 2.75) is 19.8 Å². The van der Waals surface area contributed by atoms with Gasteiger partial charge in [0.1, 0.15) is 11.3 Å². The molecule has 0 bridgehead atoms. The number of hydrogen-bond acceptors (Lipinski definition) is 1. The molecule has 2 rings (SSSR count). The van der Waals surface area contributed by atoms with E-state index in [9.17, 15) is 0 Å². The fourth-order valence-corrected chi connectivity index (χ4v) is 1.41. The van der Waals surface area contributed by atoms with Crippen LogP contribution < -0.4 is 0 Å². The van der Waals surface area contributed by atoms with E-state index in [1.807, 2.05) is 18.2 Å². The first-order chi connectivity index (χ1) is 5.90. The van der Waals surface area contributed by atoms with E-state index >= 15 is 0 Å². The summed E-state index contributed by atoms with van der Waals surface area (Å²) in [5.41, 5.74) is 1.00. The zero-order chi connectivity index (χ0) is 8.39. The molecular weight excluding hydrogens is 148 g/mol. The highest BCUT2D eigenvalue weighted by molar-refractivity contribution is 5.77. The van der Waals surface area contributed by atoms with Gasteiger partial charge in [-0.3, -0.25) is 0 Å². The largest absolute Gasteiger partial charge is 0.461 e. The summed E-state index contributed by atoms with van der Waals surface area (Å²) in [5, 5.41) is 1.21. The molecular formula is C11H12O. The van der Waals surface area contributed by atoms with Crippen LogP contribution >= 0.6 is 0 Å². The molecule has 0 unspecified atom stereocenters. The number of aryl methyl sites for hydroxylation is 1. The lowest BCUT2D eigenvalue weighted by Gasteiger charge is -1.87. The molecule has 1 heteroatoms. The lowest BCUT2D eigenvalue weighted by atomic mass is 10.2. The van der Waals surface area contributed by atoms with Gasteiger partial charge in [0.2, 0.25) is 0 Å². The Kier molecular flexibility index (Phi) is 1.86. The fraction of sp³-hybridized carbons (Fsp3) is 0.273. The van der Waals surface area contributed by atoms with Gasteiger partial charge < -0.3 is 4.42 Å². The summed E-state index contributed by atoms with van der Waals surface area (Å²) < 4.78 is 5.61. The van der Waals surface area contributed by atoms with Gasteiger partial charge in [0.15, 0.2) is 0 Å². The first kappa shape index (κ1) is 7.41. The molecule has 0 aliphatic rings. The van der Waals surface area contributed by atoms with Crippen molar-refractivity contribution >= 4 is 11.0 Å². The highest BCUT2D eigenvalue weighted by atomic mass is 16.3. The van der Waals surface area contributed by atoms with Gasteiger partial charge >= 0.3 is 0 Å². The number of furan rings is 1. The second-order valence-electron chi connectivity index (χ2n) is 3.00. The molecule has 0 spiro atoms. The molecule has 1 aromatic heterocycles. The van der Waals surface area contributed by atoms with Gasteiger partial charge in [-0.05, 0) is 18.6 Å². The molecule has 62 valence electrons. The van der Waals surface area contributed by atoms with E-state index in [0.29, 0.717) is 0 Å². The number of hydrogen-bond donors (Lipinski definition) is 0. The van der Waals surface area contributed by atoms with Crippen molar-refractivity contribution in [1.29, 1.82) is 0 Å². The minimum absolute atomic E-state index is 1.00. The molecule has 0 aliphatic carbocycles. The molecule has 2 aromatic rings. The van der Waals surface area contributed by atoms with Crippen molar-refractivity contribution in [1.82, 2.24) is 0 Å². The first-order valence-corrected chi connectivity index (χ1v) is 4.37. The van der Waals surface area contributed by atoms with Crippen LogP contribution in [0.4, 0.5) is 0 Å². The molecule has 0 aliphatic heterocycles.